The number of hydrogen-bond donors (Lipinski definition) is 3. The molecule has 7 nitrogen and oxygen atoms in total. The van der Waals surface area contributed by atoms with Crippen molar-refractivity contribution in [3.8, 4) is 0 Å². The molecule has 0 bridgehead atoms. The van der Waals surface area contributed by atoms with Crippen LogP contribution >= 0.6 is 0 Å². The van der Waals surface area contributed by atoms with Crippen molar-refractivity contribution >= 4 is 23.4 Å². The normalized spacial score (nSPS) is 14.2. The van der Waals surface area contributed by atoms with Gasteiger partial charge in [-0.05, 0) is 66.1 Å². The second-order valence-electron chi connectivity index (χ2n) is 10.2. The lowest BCUT2D eigenvalue weighted by Gasteiger charge is -2.22. The number of halogens is 1. The lowest BCUT2D eigenvalue weighted by molar-refractivity contribution is -0.122. The molecule has 0 saturated heterocycles. The highest BCUT2D eigenvalue weighted by Crippen LogP contribution is 2.32. The Morgan fingerprint density at radius 3 is 2.40 bits per heavy atom. The number of nitrogens with zero attached hydrogens (tertiary/aromatic N) is 2. The number of imidazole rings is 1. The van der Waals surface area contributed by atoms with Gasteiger partial charge in [-0.2, -0.15) is 0 Å². The van der Waals surface area contributed by atoms with Crippen molar-refractivity contribution in [3.63, 3.8) is 0 Å². The van der Waals surface area contributed by atoms with Gasteiger partial charge in [-0.25, -0.2) is 9.37 Å². The zero-order valence-electron chi connectivity index (χ0n) is 22.6. The first-order valence-electron chi connectivity index (χ1n) is 13.9. The van der Waals surface area contributed by atoms with E-state index < -0.39 is 17.8 Å². The lowest BCUT2D eigenvalue weighted by Crippen LogP contribution is -2.32. The number of aromatic nitrogens is 2. The molecular weight excluding hydrogens is 507 g/mol. The van der Waals surface area contributed by atoms with Crippen molar-refractivity contribution in [1.82, 2.24) is 14.9 Å². The average Bonchev–Trinajstić information content (AvgIpc) is 3.33. The summed E-state index contributed by atoms with van der Waals surface area (Å²) in [5.74, 6) is 0.718. The number of rotatable bonds is 10. The zero-order valence-corrected chi connectivity index (χ0v) is 22.6. The Morgan fingerprint density at radius 2 is 1.75 bits per heavy atom. The Bertz CT molecular complexity index is 1380. The number of benzene rings is 3. The second-order valence-corrected chi connectivity index (χ2v) is 10.2. The predicted octanol–water partition coefficient (Wildman–Crippen LogP) is 5.16. The van der Waals surface area contributed by atoms with Crippen molar-refractivity contribution in [2.45, 2.75) is 63.5 Å². The van der Waals surface area contributed by atoms with E-state index in [9.17, 15) is 19.1 Å². The monoisotopic (exact) mass is 544 g/mol. The van der Waals surface area contributed by atoms with Crippen LogP contribution in [0.25, 0.3) is 11.0 Å². The highest BCUT2D eigenvalue weighted by atomic mass is 19.1. The third-order valence-corrected chi connectivity index (χ3v) is 7.41. The molecular formula is C32H37FN4O3. The first-order valence-corrected chi connectivity index (χ1v) is 13.9. The van der Waals surface area contributed by atoms with Gasteiger partial charge < -0.3 is 20.7 Å². The van der Waals surface area contributed by atoms with E-state index in [2.05, 4.69) is 52.3 Å². The van der Waals surface area contributed by atoms with Gasteiger partial charge in [0.1, 0.15) is 17.7 Å². The second kappa shape index (κ2) is 14.4. The number of carbonyl (C=O) groups excluding carboxylic acids is 2. The molecule has 210 valence electrons. The Labute approximate surface area is 234 Å². The van der Waals surface area contributed by atoms with Gasteiger partial charge in [-0.3, -0.25) is 9.59 Å². The molecule has 2 amide bonds. The van der Waals surface area contributed by atoms with E-state index in [1.807, 2.05) is 6.07 Å². The van der Waals surface area contributed by atoms with E-state index in [0.29, 0.717) is 12.0 Å². The van der Waals surface area contributed by atoms with Crippen LogP contribution in [0, 0.1) is 5.82 Å². The van der Waals surface area contributed by atoms with Gasteiger partial charge in [0.05, 0.1) is 11.0 Å². The summed E-state index contributed by atoms with van der Waals surface area (Å²) in [6.07, 6.45) is 8.78. The van der Waals surface area contributed by atoms with Gasteiger partial charge in [-0.1, -0.05) is 67.8 Å². The molecule has 3 aromatic carbocycles. The number of aliphatic hydroxyl groups excluding tert-OH is 1. The highest BCUT2D eigenvalue weighted by molar-refractivity contribution is 5.83. The Morgan fingerprint density at radius 1 is 1.05 bits per heavy atom. The molecule has 1 fully saturated rings. The summed E-state index contributed by atoms with van der Waals surface area (Å²) in [6.45, 7) is 1.05. The minimum Gasteiger partial charge on any atom is -0.396 e. The molecule has 1 heterocycles. The summed E-state index contributed by atoms with van der Waals surface area (Å²) in [4.78, 5) is 25.8. The number of primary amides is 1. The quantitative estimate of drug-likeness (QED) is 0.240. The van der Waals surface area contributed by atoms with Gasteiger partial charge in [0.15, 0.2) is 0 Å². The van der Waals surface area contributed by atoms with Crippen LogP contribution in [0.5, 0.6) is 0 Å². The first kappa shape index (κ1) is 29.0. The number of aryl methyl sites for hydroxylation is 1. The number of aliphatic hydroxyl groups is 1. The van der Waals surface area contributed by atoms with Crippen molar-refractivity contribution in [3.05, 3.63) is 101 Å². The molecule has 4 N–H and O–H groups in total. The molecule has 1 unspecified atom stereocenters. The number of nitrogens with two attached hydrogens (primary N) is 1. The van der Waals surface area contributed by atoms with Crippen LogP contribution in [-0.2, 0) is 22.6 Å². The van der Waals surface area contributed by atoms with Gasteiger partial charge >= 0.3 is 0 Å². The van der Waals surface area contributed by atoms with Gasteiger partial charge in [0.2, 0.25) is 12.3 Å². The van der Waals surface area contributed by atoms with Crippen LogP contribution in [0.3, 0.4) is 0 Å². The molecule has 5 rings (SSSR count). The Kier molecular flexibility index (Phi) is 10.4. The average molecular weight is 545 g/mol. The fraction of sp³-hybridized carbons (Fsp3) is 0.344. The molecule has 0 aliphatic heterocycles. The number of hydrogen-bond acceptors (Lipinski definition) is 4. The molecule has 40 heavy (non-hydrogen) atoms. The van der Waals surface area contributed by atoms with E-state index in [4.69, 9.17) is 10.7 Å². The first-order chi connectivity index (χ1) is 19.5. The lowest BCUT2D eigenvalue weighted by atomic mass is 9.84. The summed E-state index contributed by atoms with van der Waals surface area (Å²) in [7, 11) is 0. The molecule has 4 aromatic rings. The van der Waals surface area contributed by atoms with E-state index in [1.165, 1.54) is 73.0 Å². The van der Waals surface area contributed by atoms with Gasteiger partial charge in [0.25, 0.3) is 0 Å². The molecule has 1 aromatic heterocycles. The molecule has 8 heteroatoms. The maximum Gasteiger partial charge on any atom is 0.244 e. The molecule has 1 saturated carbocycles. The number of fused-ring (bicyclic) bond motifs is 1. The van der Waals surface area contributed by atoms with Gasteiger partial charge in [0, 0.05) is 19.6 Å². The van der Waals surface area contributed by atoms with Crippen LogP contribution < -0.4 is 11.1 Å². The molecule has 1 aliphatic rings. The number of amides is 2. The Hall–Kier alpha value is -4.04. The number of nitrogens with one attached hydrogen (secondary N) is 1. The van der Waals surface area contributed by atoms with E-state index >= 15 is 0 Å². The van der Waals surface area contributed by atoms with E-state index in [0.717, 1.165) is 36.6 Å². The molecule has 0 radical (unpaired) electrons. The minimum absolute atomic E-state index is 0.208. The van der Waals surface area contributed by atoms with Crippen LogP contribution in [-0.4, -0.2) is 33.6 Å². The zero-order chi connectivity index (χ0) is 28.3. The van der Waals surface area contributed by atoms with Crippen LogP contribution in [0.1, 0.15) is 73.0 Å². The smallest absolute Gasteiger partial charge is 0.244 e. The Balaban J connectivity index is 0.000000224. The van der Waals surface area contributed by atoms with Crippen molar-refractivity contribution in [2.24, 2.45) is 5.73 Å². The van der Waals surface area contributed by atoms with Crippen molar-refractivity contribution < 1.29 is 19.1 Å². The minimum atomic E-state index is -0.909. The topological polar surface area (TPSA) is 110 Å². The van der Waals surface area contributed by atoms with Crippen LogP contribution in [0.2, 0.25) is 0 Å². The summed E-state index contributed by atoms with van der Waals surface area (Å²) in [5, 5.41) is 11.4. The fourth-order valence-electron chi connectivity index (χ4n) is 5.31. The summed E-state index contributed by atoms with van der Waals surface area (Å²) < 4.78 is 14.8. The summed E-state index contributed by atoms with van der Waals surface area (Å²) >= 11 is 0. The fourth-order valence-corrected chi connectivity index (χ4v) is 5.31. The third-order valence-electron chi connectivity index (χ3n) is 7.41. The summed E-state index contributed by atoms with van der Waals surface area (Å²) in [6, 6.07) is 21.8. The van der Waals surface area contributed by atoms with Crippen LogP contribution in [0.4, 0.5) is 4.39 Å². The maximum atomic E-state index is 12.5. The molecule has 1 atom stereocenters. The third kappa shape index (κ3) is 7.54. The summed E-state index contributed by atoms with van der Waals surface area (Å²) in [5.41, 5.74) is 10.5. The standard InChI is InChI=1S/C23H28N2O.C9H9FN2O2/c26-16-6-11-23-24-21-9-4-5-10-22(21)25(23)17-18-12-14-20(15-13-18)19-7-2-1-3-8-19;10-7-3-1-6(2-4-7)8(9(11)14)12-5-13/h4-5,9-10,12-15,19,26H,1-3,6-8,11,16-17H2;1-5,8H,(H2,11,14)(H,12,13). The number of para-hydroxylation sites is 2. The number of carbonyl (C=O) groups is 2. The van der Waals surface area contributed by atoms with Crippen LogP contribution in [0.15, 0.2) is 72.8 Å². The van der Waals surface area contributed by atoms with Crippen molar-refractivity contribution in [2.75, 3.05) is 6.61 Å². The highest BCUT2D eigenvalue weighted by Gasteiger charge is 2.17. The van der Waals surface area contributed by atoms with E-state index in [1.54, 1.807) is 0 Å². The predicted molar refractivity (Wildman–Crippen MR) is 154 cm³/mol. The van der Waals surface area contributed by atoms with Gasteiger partial charge in [-0.15, -0.1) is 0 Å². The maximum absolute atomic E-state index is 12.5. The largest absolute Gasteiger partial charge is 0.396 e. The molecule has 0 spiro atoms. The molecule has 1 aliphatic carbocycles. The van der Waals surface area contributed by atoms with Crippen molar-refractivity contribution in [1.29, 1.82) is 0 Å². The SMILES string of the molecule is NC(=O)C(NC=O)c1ccc(F)cc1.OCCCc1nc2ccccc2n1Cc1ccc(C2CCCCC2)cc1. The van der Waals surface area contributed by atoms with E-state index in [-0.39, 0.29) is 6.61 Å².